The maximum absolute atomic E-state index is 12.4. The summed E-state index contributed by atoms with van der Waals surface area (Å²) in [7, 11) is 0. The molecule has 0 aliphatic heterocycles. The van der Waals surface area contributed by atoms with Gasteiger partial charge in [-0.05, 0) is 11.6 Å². The number of amides is 1. The first-order valence-corrected chi connectivity index (χ1v) is 7.06. The van der Waals surface area contributed by atoms with E-state index < -0.39 is 17.7 Å². The van der Waals surface area contributed by atoms with Crippen molar-refractivity contribution < 1.29 is 9.59 Å². The van der Waals surface area contributed by atoms with Crippen LogP contribution in [-0.2, 0) is 4.79 Å². The number of hydrogen-bond acceptors (Lipinski definition) is 3. The normalized spacial score (nSPS) is 11.6. The average molecular weight is 303 g/mol. The van der Waals surface area contributed by atoms with Crippen molar-refractivity contribution in [2.24, 2.45) is 0 Å². The minimum absolute atomic E-state index is 0.294. The Labute approximate surface area is 132 Å². The second kappa shape index (κ2) is 6.16. The summed E-state index contributed by atoms with van der Waals surface area (Å²) in [4.78, 5) is 27.5. The van der Waals surface area contributed by atoms with Crippen LogP contribution in [0.4, 0.5) is 0 Å². The number of aromatic nitrogens is 1. The third-order valence-electron chi connectivity index (χ3n) is 3.58. The van der Waals surface area contributed by atoms with Crippen molar-refractivity contribution in [2.45, 2.75) is 6.04 Å². The predicted octanol–water partition coefficient (Wildman–Crippen LogP) is 2.73. The number of Topliss-reactive ketones (excluding diaryl/α,β-unsaturated/α-hetero) is 1. The molecule has 1 heterocycles. The zero-order valence-electron chi connectivity index (χ0n) is 12.1. The van der Waals surface area contributed by atoms with E-state index >= 15 is 0 Å². The van der Waals surface area contributed by atoms with E-state index in [1.54, 1.807) is 36.4 Å². The van der Waals surface area contributed by atoms with Crippen LogP contribution >= 0.6 is 0 Å². The number of nitrogens with zero attached hydrogens (tertiary/aromatic N) is 1. The number of hydrogen-bond donors (Lipinski definition) is 2. The summed E-state index contributed by atoms with van der Waals surface area (Å²) >= 11 is 0. The Balaban J connectivity index is 1.83. The second-order valence-electron chi connectivity index (χ2n) is 5.02. The first kappa shape index (κ1) is 14.5. The molecule has 0 aliphatic rings. The topological polar surface area (TPSA) is 85.8 Å². The van der Waals surface area contributed by atoms with Gasteiger partial charge in [-0.1, -0.05) is 48.5 Å². The SMILES string of the molecule is N#CC(NC(=O)C(=O)c1c[nH]c2ccccc12)c1ccccc1. The van der Waals surface area contributed by atoms with Crippen LogP contribution in [0.15, 0.2) is 60.8 Å². The predicted molar refractivity (Wildman–Crippen MR) is 85.6 cm³/mol. The molecule has 0 aliphatic carbocycles. The van der Waals surface area contributed by atoms with E-state index in [0.29, 0.717) is 16.5 Å². The van der Waals surface area contributed by atoms with Crippen molar-refractivity contribution in [3.8, 4) is 6.07 Å². The minimum atomic E-state index is -0.863. The number of rotatable bonds is 4. The molecule has 0 fully saturated rings. The molecule has 1 aromatic heterocycles. The Kier molecular flexibility index (Phi) is 3.89. The van der Waals surface area contributed by atoms with Crippen LogP contribution in [-0.4, -0.2) is 16.7 Å². The average Bonchev–Trinajstić information content (AvgIpc) is 3.03. The number of nitrogens with one attached hydrogen (secondary N) is 2. The van der Waals surface area contributed by atoms with Gasteiger partial charge in [0.25, 0.3) is 11.7 Å². The van der Waals surface area contributed by atoms with Gasteiger partial charge in [0.05, 0.1) is 11.6 Å². The summed E-state index contributed by atoms with van der Waals surface area (Å²) in [6, 6.07) is 17.2. The van der Waals surface area contributed by atoms with Crippen LogP contribution < -0.4 is 5.32 Å². The standard InChI is InChI=1S/C18H13N3O2/c19-10-16(12-6-2-1-3-7-12)21-18(23)17(22)14-11-20-15-9-5-4-8-13(14)15/h1-9,11,16,20H,(H,21,23). The minimum Gasteiger partial charge on any atom is -0.360 e. The number of para-hydroxylation sites is 1. The lowest BCUT2D eigenvalue weighted by molar-refractivity contribution is -0.117. The van der Waals surface area contributed by atoms with Gasteiger partial charge in [0.15, 0.2) is 0 Å². The molecule has 3 rings (SSSR count). The summed E-state index contributed by atoms with van der Waals surface area (Å²) in [5.41, 5.74) is 1.71. The Hall–Kier alpha value is -3.39. The summed E-state index contributed by atoms with van der Waals surface area (Å²) in [5, 5.41) is 12.4. The smallest absolute Gasteiger partial charge is 0.293 e. The van der Waals surface area contributed by atoms with Crippen LogP contribution in [0.1, 0.15) is 22.0 Å². The van der Waals surface area contributed by atoms with Gasteiger partial charge in [-0.2, -0.15) is 5.26 Å². The fraction of sp³-hybridized carbons (Fsp3) is 0.0556. The molecule has 0 bridgehead atoms. The van der Waals surface area contributed by atoms with Gasteiger partial charge in [0.2, 0.25) is 0 Å². The van der Waals surface area contributed by atoms with Crippen LogP contribution in [0, 0.1) is 11.3 Å². The summed E-state index contributed by atoms with van der Waals surface area (Å²) in [6.07, 6.45) is 1.51. The highest BCUT2D eigenvalue weighted by Gasteiger charge is 2.23. The number of benzene rings is 2. The van der Waals surface area contributed by atoms with E-state index in [1.807, 2.05) is 24.3 Å². The Morgan fingerprint density at radius 3 is 2.48 bits per heavy atom. The van der Waals surface area contributed by atoms with E-state index in [4.69, 9.17) is 0 Å². The molecule has 3 aromatic rings. The van der Waals surface area contributed by atoms with Crippen LogP contribution in [0.2, 0.25) is 0 Å². The zero-order chi connectivity index (χ0) is 16.2. The molecular weight excluding hydrogens is 290 g/mol. The molecule has 2 aromatic carbocycles. The van der Waals surface area contributed by atoms with Crippen molar-refractivity contribution >= 4 is 22.6 Å². The number of carbonyl (C=O) groups is 2. The fourth-order valence-electron chi connectivity index (χ4n) is 2.41. The molecular formula is C18H13N3O2. The molecule has 5 nitrogen and oxygen atoms in total. The monoisotopic (exact) mass is 303 g/mol. The quantitative estimate of drug-likeness (QED) is 0.574. The maximum Gasteiger partial charge on any atom is 0.293 e. The Bertz CT molecular complexity index is 907. The van der Waals surface area contributed by atoms with Gasteiger partial charge < -0.3 is 10.3 Å². The molecule has 1 amide bonds. The molecule has 5 heteroatoms. The third kappa shape index (κ3) is 2.83. The highest BCUT2D eigenvalue weighted by Crippen LogP contribution is 2.19. The molecule has 0 radical (unpaired) electrons. The van der Waals surface area contributed by atoms with E-state index in [2.05, 4.69) is 10.3 Å². The highest BCUT2D eigenvalue weighted by atomic mass is 16.2. The molecule has 1 unspecified atom stereocenters. The Morgan fingerprint density at radius 1 is 1.04 bits per heavy atom. The molecule has 0 saturated heterocycles. The number of nitriles is 1. The summed E-state index contributed by atoms with van der Waals surface area (Å²) in [6.45, 7) is 0. The molecule has 2 N–H and O–H groups in total. The molecule has 0 saturated carbocycles. The lowest BCUT2D eigenvalue weighted by Gasteiger charge is -2.11. The number of fused-ring (bicyclic) bond motifs is 1. The first-order chi connectivity index (χ1) is 11.2. The molecule has 23 heavy (non-hydrogen) atoms. The first-order valence-electron chi connectivity index (χ1n) is 7.06. The lowest BCUT2D eigenvalue weighted by atomic mass is 10.1. The van der Waals surface area contributed by atoms with Crippen LogP contribution in [0.3, 0.4) is 0 Å². The summed E-state index contributed by atoms with van der Waals surface area (Å²) < 4.78 is 0. The van der Waals surface area contributed by atoms with Crippen molar-refractivity contribution in [1.29, 1.82) is 5.26 Å². The van der Waals surface area contributed by atoms with Crippen molar-refractivity contribution in [1.82, 2.24) is 10.3 Å². The van der Waals surface area contributed by atoms with E-state index in [9.17, 15) is 14.9 Å². The maximum atomic E-state index is 12.4. The molecule has 112 valence electrons. The lowest BCUT2D eigenvalue weighted by Crippen LogP contribution is -2.33. The number of H-pyrrole nitrogens is 1. The van der Waals surface area contributed by atoms with Crippen LogP contribution in [0.25, 0.3) is 10.9 Å². The second-order valence-corrected chi connectivity index (χ2v) is 5.02. The van der Waals surface area contributed by atoms with Gasteiger partial charge in [0, 0.05) is 17.1 Å². The largest absolute Gasteiger partial charge is 0.360 e. The third-order valence-corrected chi connectivity index (χ3v) is 3.58. The highest BCUT2D eigenvalue weighted by molar-refractivity contribution is 6.45. The van der Waals surface area contributed by atoms with Gasteiger partial charge in [-0.15, -0.1) is 0 Å². The van der Waals surface area contributed by atoms with Crippen molar-refractivity contribution in [3.05, 3.63) is 71.9 Å². The molecule has 1 atom stereocenters. The number of carbonyl (C=O) groups excluding carboxylic acids is 2. The van der Waals surface area contributed by atoms with Gasteiger partial charge >= 0.3 is 0 Å². The van der Waals surface area contributed by atoms with Gasteiger partial charge in [0.1, 0.15) is 6.04 Å². The number of ketones is 1. The van der Waals surface area contributed by atoms with E-state index in [0.717, 1.165) is 5.52 Å². The number of aromatic amines is 1. The van der Waals surface area contributed by atoms with E-state index in [1.165, 1.54) is 6.20 Å². The summed E-state index contributed by atoms with van der Waals surface area (Å²) in [5.74, 6) is -1.47. The zero-order valence-corrected chi connectivity index (χ0v) is 12.1. The van der Waals surface area contributed by atoms with Crippen molar-refractivity contribution in [3.63, 3.8) is 0 Å². The fourth-order valence-corrected chi connectivity index (χ4v) is 2.41. The van der Waals surface area contributed by atoms with Gasteiger partial charge in [-0.25, -0.2) is 0 Å². The van der Waals surface area contributed by atoms with Crippen LogP contribution in [0.5, 0.6) is 0 Å². The Morgan fingerprint density at radius 2 is 1.74 bits per heavy atom. The van der Waals surface area contributed by atoms with Gasteiger partial charge in [-0.3, -0.25) is 9.59 Å². The van der Waals surface area contributed by atoms with Crippen molar-refractivity contribution in [2.75, 3.05) is 0 Å². The molecule has 0 spiro atoms. The van der Waals surface area contributed by atoms with E-state index in [-0.39, 0.29) is 0 Å².